The fourth-order valence-electron chi connectivity index (χ4n) is 2.73. The Bertz CT molecular complexity index is 756. The van der Waals surface area contributed by atoms with E-state index in [-0.39, 0.29) is 25.0 Å². The van der Waals surface area contributed by atoms with Crippen molar-refractivity contribution >= 4 is 17.8 Å². The van der Waals surface area contributed by atoms with E-state index in [1.807, 2.05) is 0 Å². The molecule has 2 N–H and O–H groups in total. The van der Waals surface area contributed by atoms with Crippen molar-refractivity contribution in [3.05, 3.63) is 35.0 Å². The molecule has 1 atom stereocenters. The van der Waals surface area contributed by atoms with Gasteiger partial charge in [0.1, 0.15) is 0 Å². The van der Waals surface area contributed by atoms with Gasteiger partial charge in [-0.25, -0.2) is 9.59 Å². The van der Waals surface area contributed by atoms with E-state index in [0.717, 1.165) is 0 Å². The largest absolute Gasteiger partial charge is 0.493 e. The normalized spacial score (nSPS) is 16.5. The number of hydrogen-bond acceptors (Lipinski definition) is 6. The van der Waals surface area contributed by atoms with Crippen molar-refractivity contribution < 1.29 is 28.6 Å². The molecule has 1 unspecified atom stereocenters. The predicted molar refractivity (Wildman–Crippen MR) is 92.9 cm³/mol. The molecule has 8 nitrogen and oxygen atoms in total. The second-order valence-electron chi connectivity index (χ2n) is 5.63. The van der Waals surface area contributed by atoms with E-state index in [9.17, 15) is 14.4 Å². The van der Waals surface area contributed by atoms with E-state index in [4.69, 9.17) is 14.2 Å². The summed E-state index contributed by atoms with van der Waals surface area (Å²) in [5, 5.41) is 5.33. The Kier molecular flexibility index (Phi) is 6.21. The summed E-state index contributed by atoms with van der Waals surface area (Å²) in [4.78, 5) is 35.2. The van der Waals surface area contributed by atoms with Crippen molar-refractivity contribution in [1.29, 1.82) is 0 Å². The molecule has 0 saturated heterocycles. The molecule has 0 spiro atoms. The first-order chi connectivity index (χ1) is 12.4. The number of methoxy groups -OCH3 is 1. The summed E-state index contributed by atoms with van der Waals surface area (Å²) in [6.45, 7) is 4.86. The Morgan fingerprint density at radius 1 is 1.23 bits per heavy atom. The average Bonchev–Trinajstić information content (AvgIpc) is 2.58. The third kappa shape index (κ3) is 4.33. The van der Waals surface area contributed by atoms with Crippen molar-refractivity contribution in [3.63, 3.8) is 0 Å². The highest BCUT2D eigenvalue weighted by Crippen LogP contribution is 2.34. The van der Waals surface area contributed by atoms with Crippen LogP contribution in [0.4, 0.5) is 4.79 Å². The molecule has 0 aromatic heterocycles. The summed E-state index contributed by atoms with van der Waals surface area (Å²) >= 11 is 0. The molecule has 8 heteroatoms. The summed E-state index contributed by atoms with van der Waals surface area (Å²) in [5.41, 5.74) is 1.63. The van der Waals surface area contributed by atoms with Gasteiger partial charge in [-0.05, 0) is 38.5 Å². The minimum Gasteiger partial charge on any atom is -0.493 e. The van der Waals surface area contributed by atoms with Crippen LogP contribution in [0.2, 0.25) is 0 Å². The standard InChI is InChI=1S/C18H22N2O6/c1-5-25-15(22)9-26-13-7-6-12(8-14(13)24-4)17-16(11(3)21)10(2)19-18(23)20-17/h6-8,17H,5,9H2,1-4H3,(H2,19,20,23). The Hall–Kier alpha value is -3.03. The Morgan fingerprint density at radius 3 is 2.58 bits per heavy atom. The maximum Gasteiger partial charge on any atom is 0.344 e. The van der Waals surface area contributed by atoms with Gasteiger partial charge in [-0.15, -0.1) is 0 Å². The molecule has 1 aromatic carbocycles. The third-order valence-electron chi connectivity index (χ3n) is 3.82. The quantitative estimate of drug-likeness (QED) is 0.718. The third-order valence-corrected chi connectivity index (χ3v) is 3.82. The van der Waals surface area contributed by atoms with Gasteiger partial charge in [0.05, 0.1) is 19.8 Å². The van der Waals surface area contributed by atoms with Crippen LogP contribution in [-0.2, 0) is 14.3 Å². The van der Waals surface area contributed by atoms with Crippen molar-refractivity contribution in [3.8, 4) is 11.5 Å². The van der Waals surface area contributed by atoms with Crippen LogP contribution in [0, 0.1) is 0 Å². The van der Waals surface area contributed by atoms with Gasteiger partial charge in [-0.1, -0.05) is 6.07 Å². The van der Waals surface area contributed by atoms with Crippen molar-refractivity contribution in [2.45, 2.75) is 26.8 Å². The summed E-state index contributed by atoms with van der Waals surface area (Å²) in [7, 11) is 1.46. The zero-order valence-corrected chi connectivity index (χ0v) is 15.2. The van der Waals surface area contributed by atoms with Crippen molar-refractivity contribution in [2.75, 3.05) is 20.3 Å². The summed E-state index contributed by atoms with van der Waals surface area (Å²) in [6, 6.07) is 3.99. The number of rotatable bonds is 7. The molecule has 1 aliphatic rings. The van der Waals surface area contributed by atoms with Crippen molar-refractivity contribution in [1.82, 2.24) is 10.6 Å². The molecule has 140 valence electrons. The lowest BCUT2D eigenvalue weighted by Crippen LogP contribution is -2.44. The zero-order chi connectivity index (χ0) is 19.3. The second kappa shape index (κ2) is 8.37. The number of ether oxygens (including phenoxy) is 3. The number of carbonyl (C=O) groups is 3. The molecule has 0 saturated carbocycles. The van der Waals surface area contributed by atoms with Gasteiger partial charge in [-0.2, -0.15) is 0 Å². The SMILES string of the molecule is CCOC(=O)COc1ccc(C2NC(=O)NC(C)=C2C(C)=O)cc1OC. The van der Waals surface area contributed by atoms with Gasteiger partial charge in [0, 0.05) is 11.3 Å². The minimum atomic E-state index is -0.603. The number of hydrogen-bond donors (Lipinski definition) is 2. The number of Topliss-reactive ketones (excluding diaryl/α,β-unsaturated/α-hetero) is 1. The highest BCUT2D eigenvalue weighted by atomic mass is 16.6. The summed E-state index contributed by atoms with van der Waals surface area (Å²) < 4.78 is 15.6. The van der Waals surface area contributed by atoms with Crippen LogP contribution in [0.5, 0.6) is 11.5 Å². The maximum absolute atomic E-state index is 12.0. The predicted octanol–water partition coefficient (Wildman–Crippen LogP) is 1.85. The van der Waals surface area contributed by atoms with E-state index < -0.39 is 12.0 Å². The van der Waals surface area contributed by atoms with E-state index in [0.29, 0.717) is 28.3 Å². The zero-order valence-electron chi connectivity index (χ0n) is 15.2. The lowest BCUT2D eigenvalue weighted by Gasteiger charge is -2.28. The molecule has 1 aliphatic heterocycles. The molecule has 0 fully saturated rings. The van der Waals surface area contributed by atoms with E-state index in [1.54, 1.807) is 32.0 Å². The lowest BCUT2D eigenvalue weighted by atomic mass is 9.93. The van der Waals surface area contributed by atoms with Crippen LogP contribution in [0.1, 0.15) is 32.4 Å². The van der Waals surface area contributed by atoms with Crippen molar-refractivity contribution in [2.24, 2.45) is 0 Å². The van der Waals surface area contributed by atoms with Crippen LogP contribution in [0.3, 0.4) is 0 Å². The molecule has 2 amide bonds. The Balaban J connectivity index is 2.30. The fourth-order valence-corrected chi connectivity index (χ4v) is 2.73. The first kappa shape index (κ1) is 19.3. The first-order valence-electron chi connectivity index (χ1n) is 8.13. The molecule has 1 heterocycles. The summed E-state index contributed by atoms with van der Waals surface area (Å²) in [5.74, 6) is 0.0954. The monoisotopic (exact) mass is 362 g/mol. The number of urea groups is 1. The Morgan fingerprint density at radius 2 is 1.96 bits per heavy atom. The van der Waals surface area contributed by atoms with Gasteiger partial charge in [0.15, 0.2) is 23.9 Å². The molecule has 26 heavy (non-hydrogen) atoms. The number of nitrogens with one attached hydrogen (secondary N) is 2. The lowest BCUT2D eigenvalue weighted by molar-refractivity contribution is -0.145. The molecular formula is C18H22N2O6. The van der Waals surface area contributed by atoms with Gasteiger partial charge in [-0.3, -0.25) is 4.79 Å². The smallest absolute Gasteiger partial charge is 0.344 e. The number of carbonyl (C=O) groups excluding carboxylic acids is 3. The topological polar surface area (TPSA) is 103 Å². The molecule has 0 radical (unpaired) electrons. The molecular weight excluding hydrogens is 340 g/mol. The molecule has 0 bridgehead atoms. The van der Waals surface area contributed by atoms with Crippen LogP contribution >= 0.6 is 0 Å². The fraction of sp³-hybridized carbons (Fsp3) is 0.389. The molecule has 2 rings (SSSR count). The molecule has 0 aliphatic carbocycles. The molecule has 1 aromatic rings. The van der Waals surface area contributed by atoms with Crippen LogP contribution in [0.25, 0.3) is 0 Å². The maximum atomic E-state index is 12.0. The van der Waals surface area contributed by atoms with E-state index >= 15 is 0 Å². The average molecular weight is 362 g/mol. The van der Waals surface area contributed by atoms with Gasteiger partial charge in [0.2, 0.25) is 0 Å². The van der Waals surface area contributed by atoms with Gasteiger partial charge < -0.3 is 24.8 Å². The number of benzene rings is 1. The summed E-state index contributed by atoms with van der Waals surface area (Å²) in [6.07, 6.45) is 0. The first-order valence-corrected chi connectivity index (χ1v) is 8.13. The highest BCUT2D eigenvalue weighted by molar-refractivity contribution is 5.98. The van der Waals surface area contributed by atoms with Crippen LogP contribution < -0.4 is 20.1 Å². The van der Waals surface area contributed by atoms with E-state index in [1.165, 1.54) is 14.0 Å². The van der Waals surface area contributed by atoms with Gasteiger partial charge in [0.25, 0.3) is 0 Å². The number of ketones is 1. The minimum absolute atomic E-state index is 0.151. The Labute approximate surface area is 151 Å². The number of esters is 1. The van der Waals surface area contributed by atoms with Crippen LogP contribution in [0.15, 0.2) is 29.5 Å². The highest BCUT2D eigenvalue weighted by Gasteiger charge is 2.29. The van der Waals surface area contributed by atoms with Gasteiger partial charge >= 0.3 is 12.0 Å². The number of amides is 2. The number of allylic oxidation sites excluding steroid dienone is 1. The van der Waals surface area contributed by atoms with E-state index in [2.05, 4.69) is 10.6 Å². The van der Waals surface area contributed by atoms with Crippen LogP contribution in [-0.4, -0.2) is 38.1 Å². The second-order valence-corrected chi connectivity index (χ2v) is 5.63.